The summed E-state index contributed by atoms with van der Waals surface area (Å²) in [6, 6.07) is 17.2. The fraction of sp³-hybridized carbons (Fsp3) is 0.364. The van der Waals surface area contributed by atoms with Gasteiger partial charge < -0.3 is 10.2 Å². The molecule has 27 heavy (non-hydrogen) atoms. The highest BCUT2D eigenvalue weighted by molar-refractivity contribution is 9.10. The molecule has 0 heterocycles. The highest BCUT2D eigenvalue weighted by Crippen LogP contribution is 2.18. The summed E-state index contributed by atoms with van der Waals surface area (Å²) in [6.45, 7) is 4.82. The molecule has 1 atom stereocenters. The SMILES string of the molecule is CCCC(=O)N(Cc1cccc(Br)c1)[C@@H](Cc1ccccc1)C(=O)NCC. The molecular weight excluding hydrogens is 404 g/mol. The maximum absolute atomic E-state index is 12.9. The van der Waals surface area contributed by atoms with Gasteiger partial charge in [-0.3, -0.25) is 9.59 Å². The van der Waals surface area contributed by atoms with Crippen LogP contribution < -0.4 is 5.32 Å². The minimum Gasteiger partial charge on any atom is -0.355 e. The predicted molar refractivity (Wildman–Crippen MR) is 112 cm³/mol. The van der Waals surface area contributed by atoms with E-state index in [1.165, 1.54) is 0 Å². The number of hydrogen-bond acceptors (Lipinski definition) is 2. The summed E-state index contributed by atoms with van der Waals surface area (Å²) in [7, 11) is 0. The average Bonchev–Trinajstić information content (AvgIpc) is 2.66. The van der Waals surface area contributed by atoms with Crippen LogP contribution in [-0.2, 0) is 22.6 Å². The van der Waals surface area contributed by atoms with E-state index >= 15 is 0 Å². The molecule has 0 saturated carbocycles. The molecule has 2 amide bonds. The van der Waals surface area contributed by atoms with Crippen LogP contribution in [0.5, 0.6) is 0 Å². The molecule has 2 aromatic carbocycles. The number of benzene rings is 2. The normalized spacial score (nSPS) is 11.7. The highest BCUT2D eigenvalue weighted by Gasteiger charge is 2.29. The van der Waals surface area contributed by atoms with Crippen molar-refractivity contribution in [3.05, 3.63) is 70.2 Å². The second kappa shape index (κ2) is 10.9. The minimum atomic E-state index is -0.537. The Morgan fingerprint density at radius 3 is 2.37 bits per heavy atom. The summed E-state index contributed by atoms with van der Waals surface area (Å²) in [4.78, 5) is 27.5. The van der Waals surface area contributed by atoms with E-state index in [-0.39, 0.29) is 11.8 Å². The van der Waals surface area contributed by atoms with Gasteiger partial charge in [-0.05, 0) is 36.6 Å². The predicted octanol–water partition coefficient (Wildman–Crippen LogP) is 4.33. The first-order valence-electron chi connectivity index (χ1n) is 9.40. The van der Waals surface area contributed by atoms with E-state index in [2.05, 4.69) is 21.2 Å². The van der Waals surface area contributed by atoms with E-state index in [0.29, 0.717) is 25.9 Å². The highest BCUT2D eigenvalue weighted by atomic mass is 79.9. The van der Waals surface area contributed by atoms with Crippen LogP contribution in [0.15, 0.2) is 59.1 Å². The number of likely N-dealkylation sites (N-methyl/N-ethyl adjacent to an activating group) is 1. The third-order valence-electron chi connectivity index (χ3n) is 4.33. The van der Waals surface area contributed by atoms with Crippen LogP contribution >= 0.6 is 15.9 Å². The Hall–Kier alpha value is -2.14. The molecule has 2 aromatic rings. The molecule has 1 N–H and O–H groups in total. The van der Waals surface area contributed by atoms with Crippen molar-refractivity contribution in [2.45, 2.75) is 45.7 Å². The van der Waals surface area contributed by atoms with Crippen molar-refractivity contribution in [1.82, 2.24) is 10.2 Å². The van der Waals surface area contributed by atoms with Crippen molar-refractivity contribution in [2.24, 2.45) is 0 Å². The standard InChI is InChI=1S/C22H27BrN2O2/c1-3-9-21(26)25(16-18-12-8-13-19(23)14-18)20(22(27)24-4-2)15-17-10-6-5-7-11-17/h5-8,10-14,20H,3-4,9,15-16H2,1-2H3,(H,24,27)/t20-/m0/s1. The molecular formula is C22H27BrN2O2. The summed E-state index contributed by atoms with van der Waals surface area (Å²) >= 11 is 3.48. The first-order valence-corrected chi connectivity index (χ1v) is 10.2. The molecule has 0 saturated heterocycles. The Morgan fingerprint density at radius 1 is 1.04 bits per heavy atom. The number of nitrogens with zero attached hydrogens (tertiary/aromatic N) is 1. The maximum Gasteiger partial charge on any atom is 0.243 e. The molecule has 0 aliphatic rings. The Labute approximate surface area is 170 Å². The van der Waals surface area contributed by atoms with E-state index in [1.807, 2.05) is 68.4 Å². The van der Waals surface area contributed by atoms with E-state index < -0.39 is 6.04 Å². The van der Waals surface area contributed by atoms with Crippen molar-refractivity contribution < 1.29 is 9.59 Å². The van der Waals surface area contributed by atoms with Crippen LogP contribution in [0.4, 0.5) is 0 Å². The number of nitrogens with one attached hydrogen (secondary N) is 1. The number of rotatable bonds is 9. The largest absolute Gasteiger partial charge is 0.355 e. The van der Waals surface area contributed by atoms with E-state index in [1.54, 1.807) is 4.90 Å². The van der Waals surface area contributed by atoms with Crippen molar-refractivity contribution >= 4 is 27.7 Å². The lowest BCUT2D eigenvalue weighted by molar-refractivity contribution is -0.141. The molecule has 5 heteroatoms. The smallest absolute Gasteiger partial charge is 0.243 e. The number of carbonyl (C=O) groups is 2. The van der Waals surface area contributed by atoms with E-state index in [9.17, 15) is 9.59 Å². The molecule has 0 fully saturated rings. The zero-order chi connectivity index (χ0) is 19.6. The second-order valence-electron chi connectivity index (χ2n) is 6.50. The molecule has 0 aromatic heterocycles. The Balaban J connectivity index is 2.34. The van der Waals surface area contributed by atoms with E-state index in [4.69, 9.17) is 0 Å². The minimum absolute atomic E-state index is 0.00431. The average molecular weight is 431 g/mol. The lowest BCUT2D eigenvalue weighted by Gasteiger charge is -2.31. The molecule has 2 rings (SSSR count). The maximum atomic E-state index is 12.9. The van der Waals surface area contributed by atoms with Crippen molar-refractivity contribution in [1.29, 1.82) is 0 Å². The van der Waals surface area contributed by atoms with Gasteiger partial charge in [0.15, 0.2) is 0 Å². The van der Waals surface area contributed by atoms with Gasteiger partial charge in [-0.1, -0.05) is 65.3 Å². The van der Waals surface area contributed by atoms with Gasteiger partial charge in [0.25, 0.3) is 0 Å². The van der Waals surface area contributed by atoms with Gasteiger partial charge in [-0.2, -0.15) is 0 Å². The van der Waals surface area contributed by atoms with Gasteiger partial charge in [0.05, 0.1) is 0 Å². The number of carbonyl (C=O) groups excluding carboxylic acids is 2. The Morgan fingerprint density at radius 2 is 1.74 bits per heavy atom. The zero-order valence-electron chi connectivity index (χ0n) is 16.0. The van der Waals surface area contributed by atoms with Gasteiger partial charge in [0.1, 0.15) is 6.04 Å². The van der Waals surface area contributed by atoms with Crippen LogP contribution in [0.2, 0.25) is 0 Å². The topological polar surface area (TPSA) is 49.4 Å². The Kier molecular flexibility index (Phi) is 8.52. The number of amides is 2. The first kappa shape index (κ1) is 21.2. The van der Waals surface area contributed by atoms with Crippen LogP contribution in [-0.4, -0.2) is 29.3 Å². The summed E-state index contributed by atoms with van der Waals surface area (Å²) in [6.07, 6.45) is 1.68. The van der Waals surface area contributed by atoms with Crippen LogP contribution in [0.3, 0.4) is 0 Å². The first-order chi connectivity index (χ1) is 13.0. The third kappa shape index (κ3) is 6.51. The van der Waals surface area contributed by atoms with Gasteiger partial charge in [0, 0.05) is 30.4 Å². The van der Waals surface area contributed by atoms with Crippen molar-refractivity contribution in [2.75, 3.05) is 6.54 Å². The summed E-state index contributed by atoms with van der Waals surface area (Å²) < 4.78 is 0.959. The second-order valence-corrected chi connectivity index (χ2v) is 7.42. The monoisotopic (exact) mass is 430 g/mol. The van der Waals surface area contributed by atoms with Gasteiger partial charge in [-0.15, -0.1) is 0 Å². The fourth-order valence-electron chi connectivity index (χ4n) is 3.04. The third-order valence-corrected chi connectivity index (χ3v) is 4.82. The molecule has 0 aliphatic carbocycles. The molecule has 0 aliphatic heterocycles. The molecule has 144 valence electrons. The molecule has 0 spiro atoms. The molecule has 4 nitrogen and oxygen atoms in total. The quantitative estimate of drug-likeness (QED) is 0.643. The summed E-state index contributed by atoms with van der Waals surface area (Å²) in [5, 5.41) is 2.90. The number of halogens is 1. The fourth-order valence-corrected chi connectivity index (χ4v) is 3.48. The Bertz CT molecular complexity index is 749. The number of hydrogen-bond donors (Lipinski definition) is 1. The molecule has 0 bridgehead atoms. The summed E-state index contributed by atoms with van der Waals surface area (Å²) in [5.41, 5.74) is 2.04. The van der Waals surface area contributed by atoms with Crippen LogP contribution in [0.25, 0.3) is 0 Å². The van der Waals surface area contributed by atoms with E-state index in [0.717, 1.165) is 22.0 Å². The van der Waals surface area contributed by atoms with Crippen molar-refractivity contribution in [3.63, 3.8) is 0 Å². The van der Waals surface area contributed by atoms with Crippen LogP contribution in [0, 0.1) is 0 Å². The van der Waals surface area contributed by atoms with Gasteiger partial charge >= 0.3 is 0 Å². The summed E-state index contributed by atoms with van der Waals surface area (Å²) in [5.74, 6) is -0.106. The molecule has 0 unspecified atom stereocenters. The lowest BCUT2D eigenvalue weighted by atomic mass is 10.0. The van der Waals surface area contributed by atoms with Gasteiger partial charge in [-0.25, -0.2) is 0 Å². The van der Waals surface area contributed by atoms with Crippen LogP contribution in [0.1, 0.15) is 37.8 Å². The van der Waals surface area contributed by atoms with Gasteiger partial charge in [0.2, 0.25) is 11.8 Å². The zero-order valence-corrected chi connectivity index (χ0v) is 17.5. The van der Waals surface area contributed by atoms with Crippen molar-refractivity contribution in [3.8, 4) is 0 Å². The molecule has 0 radical (unpaired) electrons. The lowest BCUT2D eigenvalue weighted by Crippen LogP contribution is -2.50.